The minimum absolute atomic E-state index is 0.0113. The van der Waals surface area contributed by atoms with Gasteiger partial charge in [-0.3, -0.25) is 14.3 Å². The Morgan fingerprint density at radius 2 is 2.00 bits per heavy atom. The van der Waals surface area contributed by atoms with E-state index in [0.29, 0.717) is 25.0 Å². The number of aromatic nitrogens is 2. The number of nitrogens with zero attached hydrogens (tertiary/aromatic N) is 2. The molecule has 3 N–H and O–H groups in total. The first-order valence-electron chi connectivity index (χ1n) is 10.1. The van der Waals surface area contributed by atoms with Crippen LogP contribution >= 0.6 is 27.3 Å². The first-order valence-corrected chi connectivity index (χ1v) is 11.8. The quantitative estimate of drug-likeness (QED) is 0.459. The van der Waals surface area contributed by atoms with E-state index in [1.54, 1.807) is 0 Å². The fraction of sp³-hybridized carbons (Fsp3) is 0.500. The maximum absolute atomic E-state index is 13.4. The van der Waals surface area contributed by atoms with E-state index in [2.05, 4.69) is 26.3 Å². The molecule has 2 aromatic rings. The van der Waals surface area contributed by atoms with E-state index >= 15 is 0 Å². The summed E-state index contributed by atoms with van der Waals surface area (Å²) in [5, 5.41) is 6.26. The lowest BCUT2D eigenvalue weighted by atomic mass is 10.1. The van der Waals surface area contributed by atoms with Gasteiger partial charge in [0, 0.05) is 5.92 Å². The zero-order chi connectivity index (χ0) is 24.7. The van der Waals surface area contributed by atoms with E-state index in [1.807, 2.05) is 6.92 Å². The Kier molecular flexibility index (Phi) is 7.22. The van der Waals surface area contributed by atoms with E-state index < -0.39 is 35.7 Å². The van der Waals surface area contributed by atoms with Gasteiger partial charge in [-0.1, -0.05) is 6.92 Å². The van der Waals surface area contributed by atoms with Crippen LogP contribution in [-0.2, 0) is 15.7 Å². The molecule has 0 aliphatic heterocycles. The molecule has 0 radical (unpaired) electrons. The number of carbonyl (C=O) groups excluding carboxylic acids is 3. The number of amides is 2. The Morgan fingerprint density at radius 1 is 1.36 bits per heavy atom. The van der Waals surface area contributed by atoms with Gasteiger partial charge in [-0.2, -0.15) is 18.3 Å². The molecule has 1 fully saturated rings. The van der Waals surface area contributed by atoms with Crippen LogP contribution in [-0.4, -0.2) is 34.2 Å². The van der Waals surface area contributed by atoms with Crippen molar-refractivity contribution in [1.29, 1.82) is 0 Å². The normalized spacial score (nSPS) is 14.8. The van der Waals surface area contributed by atoms with Crippen molar-refractivity contribution >= 4 is 50.1 Å². The summed E-state index contributed by atoms with van der Waals surface area (Å²) in [6.07, 6.45) is -2.75. The Hall–Kier alpha value is -2.41. The second-order valence-corrected chi connectivity index (χ2v) is 9.50. The first kappa shape index (κ1) is 25.2. The molecule has 8 nitrogen and oxygen atoms in total. The van der Waals surface area contributed by atoms with Crippen molar-refractivity contribution in [3.63, 3.8) is 0 Å². The summed E-state index contributed by atoms with van der Waals surface area (Å²) in [6.45, 7) is 4.85. The van der Waals surface area contributed by atoms with Gasteiger partial charge in [-0.05, 0) is 54.6 Å². The van der Waals surface area contributed by atoms with Crippen molar-refractivity contribution in [2.24, 2.45) is 5.73 Å². The van der Waals surface area contributed by atoms with Crippen molar-refractivity contribution in [2.75, 3.05) is 11.9 Å². The lowest BCUT2D eigenvalue weighted by molar-refractivity contribution is -0.142. The highest BCUT2D eigenvalue weighted by molar-refractivity contribution is 9.10. The third-order valence-corrected chi connectivity index (χ3v) is 7.12. The Balaban J connectivity index is 1.96. The number of thiophene rings is 1. The van der Waals surface area contributed by atoms with Gasteiger partial charge in [0.15, 0.2) is 5.69 Å². The molecule has 0 bridgehead atoms. The second-order valence-electron chi connectivity index (χ2n) is 7.69. The summed E-state index contributed by atoms with van der Waals surface area (Å²) in [5.74, 6) is -2.36. The minimum atomic E-state index is -4.69. The van der Waals surface area contributed by atoms with Gasteiger partial charge in [0.05, 0.1) is 27.2 Å². The van der Waals surface area contributed by atoms with Crippen molar-refractivity contribution in [1.82, 2.24) is 9.78 Å². The molecule has 2 heterocycles. The molecular formula is C20H22BrF3N4O4S. The lowest BCUT2D eigenvalue weighted by Crippen LogP contribution is -2.26. The molecule has 1 atom stereocenters. The van der Waals surface area contributed by atoms with Gasteiger partial charge < -0.3 is 15.8 Å². The van der Waals surface area contributed by atoms with Crippen LogP contribution in [0, 0.1) is 6.92 Å². The maximum atomic E-state index is 13.4. The summed E-state index contributed by atoms with van der Waals surface area (Å²) in [7, 11) is 0. The van der Waals surface area contributed by atoms with Gasteiger partial charge >= 0.3 is 12.1 Å². The number of esters is 1. The van der Waals surface area contributed by atoms with Crippen LogP contribution < -0.4 is 11.1 Å². The molecule has 1 unspecified atom stereocenters. The molecule has 0 saturated heterocycles. The SMILES string of the molecule is CCCOC(=O)c1c(NC(=O)C(C)n2nc(C(F)(F)F)c(Br)c2C2CC2)sc(C(N)=O)c1C. The van der Waals surface area contributed by atoms with Crippen LogP contribution in [0.3, 0.4) is 0 Å². The number of hydrogen-bond acceptors (Lipinski definition) is 6. The molecule has 1 aliphatic rings. The highest BCUT2D eigenvalue weighted by Crippen LogP contribution is 2.48. The van der Waals surface area contributed by atoms with E-state index in [4.69, 9.17) is 10.5 Å². The van der Waals surface area contributed by atoms with Crippen LogP contribution in [0.5, 0.6) is 0 Å². The molecule has 2 amide bonds. The number of carbonyl (C=O) groups is 3. The lowest BCUT2D eigenvalue weighted by Gasteiger charge is -2.16. The Bertz CT molecular complexity index is 1110. The highest BCUT2D eigenvalue weighted by Gasteiger charge is 2.43. The fourth-order valence-corrected chi connectivity index (χ4v) is 5.16. The monoisotopic (exact) mass is 550 g/mol. The van der Waals surface area contributed by atoms with Crippen LogP contribution in [0.15, 0.2) is 4.47 Å². The molecular weight excluding hydrogens is 529 g/mol. The average Bonchev–Trinajstić information content (AvgIpc) is 3.41. The molecule has 0 aromatic carbocycles. The van der Waals surface area contributed by atoms with Crippen molar-refractivity contribution in [3.05, 3.63) is 31.9 Å². The largest absolute Gasteiger partial charge is 0.462 e. The van der Waals surface area contributed by atoms with Crippen molar-refractivity contribution in [2.45, 2.75) is 58.2 Å². The van der Waals surface area contributed by atoms with E-state index in [9.17, 15) is 27.6 Å². The molecule has 1 saturated carbocycles. The van der Waals surface area contributed by atoms with E-state index in [-0.39, 0.29) is 38.0 Å². The van der Waals surface area contributed by atoms with Gasteiger partial charge in [0.1, 0.15) is 11.0 Å². The molecule has 13 heteroatoms. The number of nitrogens with one attached hydrogen (secondary N) is 1. The molecule has 33 heavy (non-hydrogen) atoms. The summed E-state index contributed by atoms with van der Waals surface area (Å²) < 4.78 is 46.2. The summed E-state index contributed by atoms with van der Waals surface area (Å²) in [6, 6.07) is -1.13. The molecule has 3 rings (SSSR count). The van der Waals surface area contributed by atoms with Crippen LogP contribution in [0.2, 0.25) is 0 Å². The first-order chi connectivity index (χ1) is 15.4. The number of ether oxygens (including phenoxy) is 1. The molecule has 0 spiro atoms. The maximum Gasteiger partial charge on any atom is 0.436 e. The number of rotatable bonds is 8. The topological polar surface area (TPSA) is 116 Å². The third-order valence-electron chi connectivity index (χ3n) is 5.11. The van der Waals surface area contributed by atoms with E-state index in [0.717, 1.165) is 16.0 Å². The number of alkyl halides is 3. The summed E-state index contributed by atoms with van der Waals surface area (Å²) in [5.41, 5.74) is 4.83. The fourth-order valence-electron chi connectivity index (χ4n) is 3.30. The zero-order valence-corrected chi connectivity index (χ0v) is 20.4. The second kappa shape index (κ2) is 9.45. The average molecular weight is 551 g/mol. The number of anilines is 1. The van der Waals surface area contributed by atoms with Gasteiger partial charge in [-0.15, -0.1) is 11.3 Å². The van der Waals surface area contributed by atoms with Crippen LogP contribution in [0.4, 0.5) is 18.2 Å². The van der Waals surface area contributed by atoms with Crippen molar-refractivity contribution < 1.29 is 32.3 Å². The smallest absolute Gasteiger partial charge is 0.436 e. The number of hydrogen-bond donors (Lipinski definition) is 2. The summed E-state index contributed by atoms with van der Waals surface area (Å²) >= 11 is 3.81. The Labute approximate surface area is 199 Å². The minimum Gasteiger partial charge on any atom is -0.462 e. The molecule has 180 valence electrons. The van der Waals surface area contributed by atoms with Crippen LogP contribution in [0.25, 0.3) is 0 Å². The zero-order valence-electron chi connectivity index (χ0n) is 18.0. The number of halogens is 4. The molecule has 2 aromatic heterocycles. The van der Waals surface area contributed by atoms with E-state index in [1.165, 1.54) is 13.8 Å². The summed E-state index contributed by atoms with van der Waals surface area (Å²) in [4.78, 5) is 37.4. The van der Waals surface area contributed by atoms with Crippen LogP contribution in [0.1, 0.15) is 82.1 Å². The Morgan fingerprint density at radius 3 is 2.52 bits per heavy atom. The third kappa shape index (κ3) is 5.08. The van der Waals surface area contributed by atoms with Crippen molar-refractivity contribution in [3.8, 4) is 0 Å². The number of nitrogens with two attached hydrogens (primary N) is 1. The van der Waals surface area contributed by atoms with Gasteiger partial charge in [-0.25, -0.2) is 4.79 Å². The highest BCUT2D eigenvalue weighted by atomic mass is 79.9. The van der Waals surface area contributed by atoms with Gasteiger partial charge in [0.2, 0.25) is 5.91 Å². The predicted molar refractivity (Wildman–Crippen MR) is 118 cm³/mol. The number of primary amides is 1. The standard InChI is InChI=1S/C20H22BrF3N4O4S/c1-4-7-32-19(31)11-8(2)14(16(25)29)33-18(11)26-17(30)9(3)28-13(10-5-6-10)12(21)15(27-28)20(22,23)24/h9-10H,4-7H2,1-3H3,(H2,25,29)(H,26,30). The predicted octanol–water partition coefficient (Wildman–Crippen LogP) is 4.78. The molecule has 1 aliphatic carbocycles. The van der Waals surface area contributed by atoms with Gasteiger partial charge in [0.25, 0.3) is 5.91 Å².